The number of hydrogen-bond acceptors (Lipinski definition) is 3. The van der Waals surface area contributed by atoms with Crippen LogP contribution in [-0.4, -0.2) is 39.5 Å². The highest BCUT2D eigenvalue weighted by atomic mass is 19.1. The zero-order valence-electron chi connectivity index (χ0n) is 17.8. The van der Waals surface area contributed by atoms with Gasteiger partial charge in [-0.1, -0.05) is 30.3 Å². The fraction of sp³-hybridized carbons (Fsp3) is 0.400. The van der Waals surface area contributed by atoms with Crippen LogP contribution in [0.2, 0.25) is 0 Å². The predicted molar refractivity (Wildman–Crippen MR) is 117 cm³/mol. The van der Waals surface area contributed by atoms with Crippen LogP contribution in [0.25, 0.3) is 5.69 Å². The van der Waals surface area contributed by atoms with Crippen LogP contribution in [0.1, 0.15) is 35.4 Å². The molecule has 2 heterocycles. The Labute approximate surface area is 178 Å². The first-order valence-electron chi connectivity index (χ1n) is 10.7. The second-order valence-electron chi connectivity index (χ2n) is 8.75. The Morgan fingerprint density at radius 3 is 2.60 bits per heavy atom. The molecule has 0 aliphatic carbocycles. The van der Waals surface area contributed by atoms with Crippen LogP contribution in [0.3, 0.4) is 0 Å². The van der Waals surface area contributed by atoms with Crippen LogP contribution < -0.4 is 0 Å². The summed E-state index contributed by atoms with van der Waals surface area (Å²) in [5.41, 5.74) is 4.92. The number of benzene rings is 2. The van der Waals surface area contributed by atoms with Crippen molar-refractivity contribution in [2.45, 2.75) is 39.7 Å². The van der Waals surface area contributed by atoms with E-state index in [0.29, 0.717) is 6.54 Å². The molecular formula is C25H30FN3O. The van der Waals surface area contributed by atoms with Gasteiger partial charge in [0.05, 0.1) is 18.0 Å². The van der Waals surface area contributed by atoms with E-state index >= 15 is 0 Å². The first-order chi connectivity index (χ1) is 14.5. The largest absolute Gasteiger partial charge is 0.396 e. The first kappa shape index (κ1) is 20.8. The third kappa shape index (κ3) is 4.47. The standard InChI is InChI=1S/C25H30FN3O/c1-19-13-20(2)29(27-19)24-10-9-23(26)14-22(24)16-28-12-6-11-25(17-28,18-30)15-21-7-4-3-5-8-21/h3-5,7-10,13-14,30H,6,11-12,15-18H2,1-2H3/t25-/m0/s1. The van der Waals surface area contributed by atoms with Gasteiger partial charge >= 0.3 is 0 Å². The summed E-state index contributed by atoms with van der Waals surface area (Å²) in [6.07, 6.45) is 2.88. The van der Waals surface area contributed by atoms with E-state index in [0.717, 1.165) is 55.0 Å². The number of aryl methyl sites for hydroxylation is 2. The maximum atomic E-state index is 14.1. The third-order valence-corrected chi connectivity index (χ3v) is 6.17. The number of hydrogen-bond donors (Lipinski definition) is 1. The quantitative estimate of drug-likeness (QED) is 0.657. The van der Waals surface area contributed by atoms with Crippen molar-refractivity contribution in [3.63, 3.8) is 0 Å². The van der Waals surface area contributed by atoms with Crippen LogP contribution in [0.4, 0.5) is 4.39 Å². The first-order valence-corrected chi connectivity index (χ1v) is 10.7. The van der Waals surface area contributed by atoms with Gasteiger partial charge in [0.2, 0.25) is 0 Å². The van der Waals surface area contributed by atoms with Crippen LogP contribution in [-0.2, 0) is 13.0 Å². The van der Waals surface area contributed by atoms with Gasteiger partial charge in [-0.15, -0.1) is 0 Å². The minimum atomic E-state index is -0.231. The second-order valence-corrected chi connectivity index (χ2v) is 8.75. The molecule has 1 atom stereocenters. The summed E-state index contributed by atoms with van der Waals surface area (Å²) < 4.78 is 16.0. The minimum absolute atomic E-state index is 0.159. The summed E-state index contributed by atoms with van der Waals surface area (Å²) in [4.78, 5) is 2.35. The van der Waals surface area contributed by atoms with Crippen LogP contribution in [0, 0.1) is 25.1 Å². The summed E-state index contributed by atoms with van der Waals surface area (Å²) in [5, 5.41) is 14.9. The molecule has 1 aliphatic heterocycles. The Balaban J connectivity index is 1.58. The van der Waals surface area contributed by atoms with Crippen LogP contribution in [0.5, 0.6) is 0 Å². The molecule has 4 rings (SSSR count). The molecule has 5 heteroatoms. The Morgan fingerprint density at radius 2 is 1.90 bits per heavy atom. The molecule has 3 aromatic rings. The fourth-order valence-electron chi connectivity index (χ4n) is 4.80. The van der Waals surface area contributed by atoms with Crippen molar-refractivity contribution in [1.82, 2.24) is 14.7 Å². The highest BCUT2D eigenvalue weighted by Crippen LogP contribution is 2.34. The molecule has 0 unspecified atom stereocenters. The summed E-state index contributed by atoms with van der Waals surface area (Å²) in [6, 6.07) is 17.3. The maximum Gasteiger partial charge on any atom is 0.123 e. The van der Waals surface area contributed by atoms with E-state index in [2.05, 4.69) is 34.3 Å². The van der Waals surface area contributed by atoms with E-state index in [9.17, 15) is 9.50 Å². The van der Waals surface area contributed by atoms with Crippen molar-refractivity contribution < 1.29 is 9.50 Å². The van der Waals surface area contributed by atoms with Crippen molar-refractivity contribution in [3.05, 3.63) is 82.9 Å². The van der Waals surface area contributed by atoms with Gasteiger partial charge in [0.25, 0.3) is 0 Å². The van der Waals surface area contributed by atoms with Crippen molar-refractivity contribution in [1.29, 1.82) is 0 Å². The SMILES string of the molecule is Cc1cc(C)n(-c2ccc(F)cc2CN2CCC[C@](CO)(Cc3ccccc3)C2)n1. The smallest absolute Gasteiger partial charge is 0.123 e. The molecule has 1 aliphatic rings. The number of likely N-dealkylation sites (tertiary alicyclic amines) is 1. The van der Waals surface area contributed by atoms with Crippen molar-refractivity contribution in [3.8, 4) is 5.69 Å². The molecule has 0 radical (unpaired) electrons. The normalized spacial score (nSPS) is 19.9. The van der Waals surface area contributed by atoms with Gasteiger partial charge < -0.3 is 5.11 Å². The predicted octanol–water partition coefficient (Wildman–Crippen LogP) is 4.45. The zero-order valence-corrected chi connectivity index (χ0v) is 17.8. The molecule has 1 fully saturated rings. The topological polar surface area (TPSA) is 41.3 Å². The lowest BCUT2D eigenvalue weighted by atomic mass is 9.75. The highest BCUT2D eigenvalue weighted by Gasteiger charge is 2.35. The molecule has 1 aromatic heterocycles. The van der Waals surface area contributed by atoms with Gasteiger partial charge in [-0.25, -0.2) is 9.07 Å². The van der Waals surface area contributed by atoms with E-state index in [1.165, 1.54) is 11.6 Å². The van der Waals surface area contributed by atoms with Gasteiger partial charge in [0.15, 0.2) is 0 Å². The lowest BCUT2D eigenvalue weighted by Crippen LogP contribution is -2.46. The molecule has 0 bridgehead atoms. The Morgan fingerprint density at radius 1 is 1.10 bits per heavy atom. The van der Waals surface area contributed by atoms with Crippen molar-refractivity contribution in [2.75, 3.05) is 19.7 Å². The van der Waals surface area contributed by atoms with Gasteiger partial charge in [-0.05, 0) is 75.0 Å². The second kappa shape index (κ2) is 8.70. The summed E-state index contributed by atoms with van der Waals surface area (Å²) in [6.45, 7) is 6.53. The highest BCUT2D eigenvalue weighted by molar-refractivity contribution is 5.42. The van der Waals surface area contributed by atoms with Gasteiger partial charge in [-0.2, -0.15) is 5.10 Å². The average Bonchev–Trinajstić information content (AvgIpc) is 3.07. The van der Waals surface area contributed by atoms with E-state index in [-0.39, 0.29) is 17.8 Å². The maximum absolute atomic E-state index is 14.1. The lowest BCUT2D eigenvalue weighted by Gasteiger charge is -2.42. The molecule has 1 N–H and O–H groups in total. The molecule has 2 aromatic carbocycles. The summed E-state index contributed by atoms with van der Waals surface area (Å²) in [7, 11) is 0. The molecular weight excluding hydrogens is 377 g/mol. The molecule has 30 heavy (non-hydrogen) atoms. The van der Waals surface area contributed by atoms with Crippen molar-refractivity contribution in [2.24, 2.45) is 5.41 Å². The number of aliphatic hydroxyl groups is 1. The van der Waals surface area contributed by atoms with Crippen molar-refractivity contribution >= 4 is 0 Å². The van der Waals surface area contributed by atoms with Crippen LogP contribution in [0.15, 0.2) is 54.6 Å². The number of nitrogens with zero attached hydrogens (tertiary/aromatic N) is 3. The molecule has 4 nitrogen and oxygen atoms in total. The zero-order chi connectivity index (χ0) is 21.1. The van der Waals surface area contributed by atoms with Crippen LogP contribution >= 0.6 is 0 Å². The molecule has 0 saturated carbocycles. The van der Waals surface area contributed by atoms with E-state index in [1.807, 2.05) is 36.7 Å². The summed E-state index contributed by atoms with van der Waals surface area (Å²) in [5.74, 6) is -0.231. The van der Waals surface area contributed by atoms with E-state index < -0.39 is 0 Å². The third-order valence-electron chi connectivity index (χ3n) is 6.17. The molecule has 158 valence electrons. The Kier molecular flexibility index (Phi) is 6.02. The fourth-order valence-corrected chi connectivity index (χ4v) is 4.80. The molecule has 0 spiro atoms. The van der Waals surface area contributed by atoms with E-state index in [1.54, 1.807) is 6.07 Å². The van der Waals surface area contributed by atoms with Gasteiger partial charge in [0.1, 0.15) is 5.82 Å². The van der Waals surface area contributed by atoms with Gasteiger partial charge in [-0.3, -0.25) is 4.90 Å². The number of rotatable bonds is 6. The average molecular weight is 408 g/mol. The number of aliphatic hydroxyl groups excluding tert-OH is 1. The lowest BCUT2D eigenvalue weighted by molar-refractivity contribution is 0.0288. The minimum Gasteiger partial charge on any atom is -0.396 e. The monoisotopic (exact) mass is 407 g/mol. The summed E-state index contributed by atoms with van der Waals surface area (Å²) >= 11 is 0. The Bertz CT molecular complexity index is 1000. The Hall–Kier alpha value is -2.50. The van der Waals surface area contributed by atoms with E-state index in [4.69, 9.17) is 0 Å². The number of halogens is 1. The number of piperidine rings is 1. The van der Waals surface area contributed by atoms with Gasteiger partial charge in [0, 0.05) is 24.2 Å². The molecule has 1 saturated heterocycles. The molecule has 0 amide bonds. The number of aromatic nitrogens is 2.